The molecule has 5 nitrogen and oxygen atoms in total. The molecule has 25 heavy (non-hydrogen) atoms. The maximum absolute atomic E-state index is 12.6. The maximum atomic E-state index is 12.6. The van der Waals surface area contributed by atoms with Crippen molar-refractivity contribution in [1.29, 1.82) is 0 Å². The molecule has 0 unspecified atom stereocenters. The average Bonchev–Trinajstić information content (AvgIpc) is 2.57. The van der Waals surface area contributed by atoms with Crippen LogP contribution in [0.3, 0.4) is 0 Å². The number of nitrogens with one attached hydrogen (secondary N) is 1. The Morgan fingerprint density at radius 1 is 1.12 bits per heavy atom. The Labute approximate surface area is 156 Å². The molecule has 1 aliphatic heterocycles. The minimum absolute atomic E-state index is 0.0835. The fourth-order valence-electron chi connectivity index (χ4n) is 2.90. The molecule has 2 aromatic carbocycles. The van der Waals surface area contributed by atoms with Gasteiger partial charge in [-0.05, 0) is 65.5 Å². The number of hydrogen-bond acceptors (Lipinski definition) is 3. The van der Waals surface area contributed by atoms with Gasteiger partial charge < -0.3 is 4.90 Å². The lowest BCUT2D eigenvalue weighted by Gasteiger charge is -2.28. The van der Waals surface area contributed by atoms with Crippen LogP contribution in [0.1, 0.15) is 24.8 Å². The van der Waals surface area contributed by atoms with Crippen molar-refractivity contribution in [2.24, 2.45) is 0 Å². The Balaban J connectivity index is 1.92. The van der Waals surface area contributed by atoms with E-state index in [2.05, 4.69) is 20.7 Å². The third kappa shape index (κ3) is 3.88. The third-order valence-electron chi connectivity index (χ3n) is 4.20. The monoisotopic (exact) mass is 422 g/mol. The lowest BCUT2D eigenvalue weighted by atomic mass is 10.1. The Morgan fingerprint density at radius 2 is 1.88 bits per heavy atom. The fraction of sp³-hybridized carbons (Fsp3) is 0.278. The van der Waals surface area contributed by atoms with Crippen molar-refractivity contribution in [3.05, 3.63) is 52.5 Å². The highest BCUT2D eigenvalue weighted by Crippen LogP contribution is 2.30. The van der Waals surface area contributed by atoms with Gasteiger partial charge in [0.2, 0.25) is 5.91 Å². The second-order valence-electron chi connectivity index (χ2n) is 6.04. The molecule has 1 amide bonds. The van der Waals surface area contributed by atoms with Crippen molar-refractivity contribution in [3.8, 4) is 0 Å². The number of benzene rings is 2. The quantitative estimate of drug-likeness (QED) is 0.806. The second-order valence-corrected chi connectivity index (χ2v) is 8.54. The van der Waals surface area contributed by atoms with E-state index in [1.807, 2.05) is 13.0 Å². The van der Waals surface area contributed by atoms with Crippen molar-refractivity contribution in [3.63, 3.8) is 0 Å². The van der Waals surface area contributed by atoms with Crippen molar-refractivity contribution < 1.29 is 13.2 Å². The number of carbonyl (C=O) groups is 1. The standard InChI is InChI=1S/C18H19BrN2O3S/c1-13-9-10-14(12-16(13)21-11-5-4-8-18(21)22)20-25(23,24)17-7-3-2-6-15(17)19/h2-3,6-7,9-10,12,20H,4-5,8,11H2,1H3. The zero-order chi connectivity index (χ0) is 18.0. The molecule has 1 saturated heterocycles. The molecule has 0 aliphatic carbocycles. The number of rotatable bonds is 4. The van der Waals surface area contributed by atoms with Gasteiger partial charge in [0.1, 0.15) is 4.90 Å². The smallest absolute Gasteiger partial charge is 0.263 e. The highest BCUT2D eigenvalue weighted by molar-refractivity contribution is 9.10. The minimum atomic E-state index is -3.72. The number of sulfonamides is 1. The van der Waals surface area contributed by atoms with Gasteiger partial charge in [-0.25, -0.2) is 8.42 Å². The van der Waals surface area contributed by atoms with Gasteiger partial charge in [0.25, 0.3) is 10.0 Å². The number of aryl methyl sites for hydroxylation is 1. The summed E-state index contributed by atoms with van der Waals surface area (Å²) in [6.45, 7) is 2.59. The number of halogens is 1. The van der Waals surface area contributed by atoms with Gasteiger partial charge in [-0.15, -0.1) is 0 Å². The summed E-state index contributed by atoms with van der Waals surface area (Å²) in [6, 6.07) is 11.9. The summed E-state index contributed by atoms with van der Waals surface area (Å²) in [7, 11) is -3.72. The number of carbonyl (C=O) groups excluding carboxylic acids is 1. The van der Waals surface area contributed by atoms with Gasteiger partial charge in [0, 0.05) is 23.1 Å². The van der Waals surface area contributed by atoms with Crippen LogP contribution in [0.4, 0.5) is 11.4 Å². The van der Waals surface area contributed by atoms with Gasteiger partial charge in [0.15, 0.2) is 0 Å². The second kappa shape index (κ2) is 7.17. The van der Waals surface area contributed by atoms with E-state index in [1.165, 1.54) is 6.07 Å². The zero-order valence-electron chi connectivity index (χ0n) is 13.8. The van der Waals surface area contributed by atoms with E-state index in [1.54, 1.807) is 35.2 Å². The zero-order valence-corrected chi connectivity index (χ0v) is 16.2. The van der Waals surface area contributed by atoms with Gasteiger partial charge in [-0.3, -0.25) is 9.52 Å². The summed E-state index contributed by atoms with van der Waals surface area (Å²) in [5, 5.41) is 0. The molecule has 0 atom stereocenters. The predicted octanol–water partition coefficient (Wildman–Crippen LogP) is 4.08. The number of nitrogens with zero attached hydrogens (tertiary/aromatic N) is 1. The van der Waals surface area contributed by atoms with Crippen LogP contribution in [0.2, 0.25) is 0 Å². The molecule has 3 rings (SSSR count). The first-order valence-corrected chi connectivity index (χ1v) is 10.3. The molecule has 0 saturated carbocycles. The van der Waals surface area contributed by atoms with E-state index in [0.29, 0.717) is 23.1 Å². The largest absolute Gasteiger partial charge is 0.312 e. The number of hydrogen-bond donors (Lipinski definition) is 1. The van der Waals surface area contributed by atoms with Crippen molar-refractivity contribution in [2.75, 3.05) is 16.2 Å². The molecular weight excluding hydrogens is 404 g/mol. The molecule has 0 spiro atoms. The van der Waals surface area contributed by atoms with Crippen LogP contribution in [-0.2, 0) is 14.8 Å². The average molecular weight is 423 g/mol. The van der Waals surface area contributed by atoms with Gasteiger partial charge in [-0.2, -0.15) is 0 Å². The highest BCUT2D eigenvalue weighted by Gasteiger charge is 2.22. The lowest BCUT2D eigenvalue weighted by Crippen LogP contribution is -2.35. The third-order valence-corrected chi connectivity index (χ3v) is 6.60. The van der Waals surface area contributed by atoms with Gasteiger partial charge >= 0.3 is 0 Å². The first-order chi connectivity index (χ1) is 11.9. The van der Waals surface area contributed by atoms with Crippen molar-refractivity contribution >= 4 is 43.2 Å². The first kappa shape index (κ1) is 17.9. The van der Waals surface area contributed by atoms with E-state index in [-0.39, 0.29) is 10.8 Å². The normalized spacial score (nSPS) is 15.3. The van der Waals surface area contributed by atoms with Crippen LogP contribution in [0.15, 0.2) is 51.8 Å². The molecule has 1 fully saturated rings. The molecule has 132 valence electrons. The number of amides is 1. The Hall–Kier alpha value is -1.86. The van der Waals surface area contributed by atoms with Crippen LogP contribution in [0, 0.1) is 6.92 Å². The summed E-state index contributed by atoms with van der Waals surface area (Å²) in [5.74, 6) is 0.0835. The first-order valence-electron chi connectivity index (χ1n) is 8.07. The van der Waals surface area contributed by atoms with Crippen molar-refractivity contribution in [2.45, 2.75) is 31.1 Å². The molecular formula is C18H19BrN2O3S. The predicted molar refractivity (Wildman–Crippen MR) is 102 cm³/mol. The lowest BCUT2D eigenvalue weighted by molar-refractivity contribution is -0.119. The van der Waals surface area contributed by atoms with E-state index in [9.17, 15) is 13.2 Å². The molecule has 1 N–H and O–H groups in total. The molecule has 0 radical (unpaired) electrons. The molecule has 2 aromatic rings. The van der Waals surface area contributed by atoms with Crippen LogP contribution >= 0.6 is 15.9 Å². The summed E-state index contributed by atoms with van der Waals surface area (Å²) < 4.78 is 28.4. The highest BCUT2D eigenvalue weighted by atomic mass is 79.9. The Morgan fingerprint density at radius 3 is 2.60 bits per heavy atom. The summed E-state index contributed by atoms with van der Waals surface area (Å²) in [4.78, 5) is 14.1. The fourth-order valence-corrected chi connectivity index (χ4v) is 4.95. The van der Waals surface area contributed by atoms with Crippen LogP contribution < -0.4 is 9.62 Å². The SMILES string of the molecule is Cc1ccc(NS(=O)(=O)c2ccccc2Br)cc1N1CCCCC1=O. The van der Waals surface area contributed by atoms with Crippen molar-refractivity contribution in [1.82, 2.24) is 0 Å². The summed E-state index contributed by atoms with van der Waals surface area (Å²) in [6.07, 6.45) is 2.40. The Bertz CT molecular complexity index is 912. The number of anilines is 2. The molecule has 1 aliphatic rings. The summed E-state index contributed by atoms with van der Waals surface area (Å²) in [5.41, 5.74) is 2.14. The number of piperidine rings is 1. The van der Waals surface area contributed by atoms with E-state index >= 15 is 0 Å². The van der Waals surface area contributed by atoms with Crippen LogP contribution in [0.25, 0.3) is 0 Å². The van der Waals surface area contributed by atoms with Crippen LogP contribution in [-0.4, -0.2) is 20.9 Å². The molecule has 7 heteroatoms. The van der Waals surface area contributed by atoms with E-state index < -0.39 is 10.0 Å². The molecule has 1 heterocycles. The molecule has 0 bridgehead atoms. The maximum Gasteiger partial charge on any atom is 0.263 e. The van der Waals surface area contributed by atoms with E-state index in [0.717, 1.165) is 24.1 Å². The van der Waals surface area contributed by atoms with Crippen LogP contribution in [0.5, 0.6) is 0 Å². The van der Waals surface area contributed by atoms with Gasteiger partial charge in [0.05, 0.1) is 5.69 Å². The molecule has 0 aromatic heterocycles. The Kier molecular flexibility index (Phi) is 5.15. The van der Waals surface area contributed by atoms with E-state index in [4.69, 9.17) is 0 Å². The summed E-state index contributed by atoms with van der Waals surface area (Å²) >= 11 is 3.27. The minimum Gasteiger partial charge on any atom is -0.312 e. The topological polar surface area (TPSA) is 66.5 Å². The van der Waals surface area contributed by atoms with Gasteiger partial charge in [-0.1, -0.05) is 18.2 Å².